The van der Waals surface area contributed by atoms with Crippen LogP contribution in [0.15, 0.2) is 0 Å². The number of carbonyl (C=O) groups excluding carboxylic acids is 3. The van der Waals surface area contributed by atoms with Crippen LogP contribution in [-0.2, 0) is 14.4 Å². The number of unbranched alkanes of at least 4 members (excludes halogenated alkanes) is 1. The quantitative estimate of drug-likeness (QED) is 0.397. The molecule has 0 aliphatic rings. The Bertz CT molecular complexity index is 495. The highest BCUT2D eigenvalue weighted by Gasteiger charge is 2.26. The van der Waals surface area contributed by atoms with Gasteiger partial charge in [0.15, 0.2) is 0 Å². The predicted molar refractivity (Wildman–Crippen MR) is 117 cm³/mol. The zero-order chi connectivity index (χ0) is 22.0. The van der Waals surface area contributed by atoms with Crippen molar-refractivity contribution in [2.24, 2.45) is 16.7 Å². The van der Waals surface area contributed by atoms with Crippen LogP contribution in [0.1, 0.15) is 113 Å². The Morgan fingerprint density at radius 2 is 1.43 bits per heavy atom. The summed E-state index contributed by atoms with van der Waals surface area (Å²) < 4.78 is 0. The fourth-order valence-electron chi connectivity index (χ4n) is 3.31. The van der Waals surface area contributed by atoms with Gasteiger partial charge in [0.05, 0.1) is 0 Å². The molecular weight excluding hydrogens is 350 g/mol. The lowest BCUT2D eigenvalue weighted by atomic mass is 9.81. The third-order valence-electron chi connectivity index (χ3n) is 4.67. The summed E-state index contributed by atoms with van der Waals surface area (Å²) in [6.07, 6.45) is 6.16. The second-order valence-corrected chi connectivity index (χ2v) is 11.0. The van der Waals surface area contributed by atoms with Gasteiger partial charge >= 0.3 is 0 Å². The topological polar surface area (TPSA) is 63.2 Å². The Labute approximate surface area is 173 Å². The highest BCUT2D eigenvalue weighted by Crippen LogP contribution is 2.28. The molecule has 0 heterocycles. The van der Waals surface area contributed by atoms with Crippen LogP contribution in [0.2, 0.25) is 0 Å². The molecule has 0 aromatic heterocycles. The summed E-state index contributed by atoms with van der Waals surface area (Å²) in [5.41, 5.74) is 0.246. The predicted octanol–water partition coefficient (Wildman–Crippen LogP) is 5.87. The standard InChI is InChI=1S/C24H45NO3/c1-18(2)25-22(28)14-11-13-20(26)16-19(21(27)17-24(6,7)8)12-9-10-15-23(3,4)5/h18-19H,9-17H2,1-8H3,(H,25,28)/t19-/m1/s1. The molecule has 1 amide bonds. The van der Waals surface area contributed by atoms with Crippen LogP contribution in [0, 0.1) is 16.7 Å². The summed E-state index contributed by atoms with van der Waals surface area (Å²) in [6, 6.07) is 0.121. The van der Waals surface area contributed by atoms with Crippen LogP contribution >= 0.6 is 0 Å². The normalized spacial score (nSPS) is 13.5. The zero-order valence-electron chi connectivity index (χ0n) is 19.7. The van der Waals surface area contributed by atoms with Crippen molar-refractivity contribution < 1.29 is 14.4 Å². The molecule has 0 radical (unpaired) electrons. The zero-order valence-corrected chi connectivity index (χ0v) is 19.7. The molecule has 28 heavy (non-hydrogen) atoms. The Balaban J connectivity index is 4.58. The lowest BCUT2D eigenvalue weighted by Crippen LogP contribution is -2.30. The average molecular weight is 396 g/mol. The van der Waals surface area contributed by atoms with Crippen LogP contribution in [0.5, 0.6) is 0 Å². The molecule has 0 bridgehead atoms. The Hall–Kier alpha value is -1.19. The number of carbonyl (C=O) groups is 3. The van der Waals surface area contributed by atoms with E-state index in [4.69, 9.17) is 0 Å². The number of Topliss-reactive ketones (excluding diaryl/α,β-unsaturated/α-hetero) is 2. The first-order valence-corrected chi connectivity index (χ1v) is 11.0. The van der Waals surface area contributed by atoms with Gasteiger partial charge in [-0.15, -0.1) is 0 Å². The van der Waals surface area contributed by atoms with Gasteiger partial charge < -0.3 is 5.32 Å². The largest absolute Gasteiger partial charge is 0.354 e. The smallest absolute Gasteiger partial charge is 0.220 e. The molecule has 0 aliphatic heterocycles. The van der Waals surface area contributed by atoms with E-state index < -0.39 is 0 Å². The van der Waals surface area contributed by atoms with Crippen LogP contribution in [-0.4, -0.2) is 23.5 Å². The SMILES string of the molecule is CC(C)NC(=O)CCCC(=O)C[C@@H](CCCCC(C)(C)C)C(=O)CC(C)(C)C. The Morgan fingerprint density at radius 1 is 0.821 bits per heavy atom. The second kappa shape index (κ2) is 12.4. The molecule has 0 spiro atoms. The number of ketones is 2. The van der Waals surface area contributed by atoms with Crippen LogP contribution < -0.4 is 5.32 Å². The molecule has 0 saturated carbocycles. The molecular formula is C24H45NO3. The molecule has 0 aliphatic carbocycles. The minimum Gasteiger partial charge on any atom is -0.354 e. The number of amides is 1. The van der Waals surface area contributed by atoms with Crippen LogP contribution in [0.3, 0.4) is 0 Å². The Kier molecular flexibility index (Phi) is 11.9. The maximum Gasteiger partial charge on any atom is 0.220 e. The number of hydrogen-bond acceptors (Lipinski definition) is 3. The number of rotatable bonds is 13. The monoisotopic (exact) mass is 395 g/mol. The highest BCUT2D eigenvalue weighted by molar-refractivity contribution is 5.88. The molecule has 0 unspecified atom stereocenters. The van der Waals surface area contributed by atoms with Gasteiger partial charge in [-0.25, -0.2) is 0 Å². The lowest BCUT2D eigenvalue weighted by Gasteiger charge is -2.23. The molecule has 164 valence electrons. The molecule has 1 N–H and O–H groups in total. The van der Waals surface area contributed by atoms with Crippen molar-refractivity contribution in [3.8, 4) is 0 Å². The summed E-state index contributed by atoms with van der Waals surface area (Å²) in [6.45, 7) is 16.7. The van der Waals surface area contributed by atoms with E-state index in [-0.39, 0.29) is 34.8 Å². The molecule has 0 fully saturated rings. The Morgan fingerprint density at radius 3 is 1.93 bits per heavy atom. The summed E-state index contributed by atoms with van der Waals surface area (Å²) >= 11 is 0. The fourth-order valence-corrected chi connectivity index (χ4v) is 3.31. The van der Waals surface area contributed by atoms with E-state index >= 15 is 0 Å². The third kappa shape index (κ3) is 15.8. The van der Waals surface area contributed by atoms with E-state index in [0.717, 1.165) is 25.7 Å². The van der Waals surface area contributed by atoms with E-state index in [2.05, 4.69) is 46.9 Å². The van der Waals surface area contributed by atoms with Gasteiger partial charge in [0.2, 0.25) is 5.91 Å². The fraction of sp³-hybridized carbons (Fsp3) is 0.875. The van der Waals surface area contributed by atoms with Gasteiger partial charge in [0, 0.05) is 37.6 Å². The van der Waals surface area contributed by atoms with Crippen LogP contribution in [0.4, 0.5) is 0 Å². The summed E-state index contributed by atoms with van der Waals surface area (Å²) in [5, 5.41) is 2.84. The maximum atomic E-state index is 12.8. The lowest BCUT2D eigenvalue weighted by molar-refractivity contribution is -0.129. The van der Waals surface area contributed by atoms with E-state index in [0.29, 0.717) is 37.5 Å². The van der Waals surface area contributed by atoms with Crippen molar-refractivity contribution >= 4 is 17.5 Å². The van der Waals surface area contributed by atoms with Crippen molar-refractivity contribution in [3.63, 3.8) is 0 Å². The van der Waals surface area contributed by atoms with Gasteiger partial charge in [0.1, 0.15) is 11.6 Å². The molecule has 0 saturated heterocycles. The van der Waals surface area contributed by atoms with E-state index in [1.807, 2.05) is 13.8 Å². The third-order valence-corrected chi connectivity index (χ3v) is 4.67. The first kappa shape index (κ1) is 26.8. The van der Waals surface area contributed by atoms with E-state index in [1.54, 1.807) is 0 Å². The van der Waals surface area contributed by atoms with Crippen molar-refractivity contribution in [2.45, 2.75) is 119 Å². The summed E-state index contributed by atoms with van der Waals surface area (Å²) in [5.74, 6) is 0.149. The maximum absolute atomic E-state index is 12.8. The van der Waals surface area contributed by atoms with Crippen molar-refractivity contribution in [1.82, 2.24) is 5.32 Å². The van der Waals surface area contributed by atoms with E-state index in [9.17, 15) is 14.4 Å². The van der Waals surface area contributed by atoms with Crippen LogP contribution in [0.25, 0.3) is 0 Å². The van der Waals surface area contributed by atoms with Gasteiger partial charge in [0.25, 0.3) is 0 Å². The average Bonchev–Trinajstić information content (AvgIpc) is 2.46. The van der Waals surface area contributed by atoms with Crippen molar-refractivity contribution in [3.05, 3.63) is 0 Å². The molecule has 0 aromatic rings. The van der Waals surface area contributed by atoms with Crippen molar-refractivity contribution in [2.75, 3.05) is 0 Å². The first-order chi connectivity index (χ1) is 12.7. The van der Waals surface area contributed by atoms with Gasteiger partial charge in [-0.1, -0.05) is 54.4 Å². The number of nitrogens with one attached hydrogen (secondary N) is 1. The summed E-state index contributed by atoms with van der Waals surface area (Å²) in [7, 11) is 0. The molecule has 0 rings (SSSR count). The molecule has 4 nitrogen and oxygen atoms in total. The number of hydrogen-bond donors (Lipinski definition) is 1. The highest BCUT2D eigenvalue weighted by atomic mass is 16.2. The minimum atomic E-state index is -0.170. The summed E-state index contributed by atoms with van der Waals surface area (Å²) in [4.78, 5) is 36.9. The molecule has 1 atom stereocenters. The van der Waals surface area contributed by atoms with Gasteiger partial charge in [-0.05, 0) is 43.9 Å². The van der Waals surface area contributed by atoms with Gasteiger partial charge in [-0.3, -0.25) is 14.4 Å². The minimum absolute atomic E-state index is 0.00895. The van der Waals surface area contributed by atoms with E-state index in [1.165, 1.54) is 0 Å². The second-order valence-electron chi connectivity index (χ2n) is 11.0. The first-order valence-electron chi connectivity index (χ1n) is 11.0. The van der Waals surface area contributed by atoms with Gasteiger partial charge in [-0.2, -0.15) is 0 Å². The molecule has 0 aromatic carbocycles. The molecule has 4 heteroatoms. The van der Waals surface area contributed by atoms with Crippen molar-refractivity contribution in [1.29, 1.82) is 0 Å².